The van der Waals surface area contributed by atoms with Crippen LogP contribution in [0, 0.1) is 6.92 Å². The highest BCUT2D eigenvalue weighted by Crippen LogP contribution is 2.19. The van der Waals surface area contributed by atoms with E-state index in [2.05, 4.69) is 26.0 Å². The van der Waals surface area contributed by atoms with E-state index in [-0.39, 0.29) is 30.1 Å². The molecule has 2 aromatic rings. The van der Waals surface area contributed by atoms with Crippen LogP contribution >= 0.6 is 35.3 Å². The van der Waals surface area contributed by atoms with Gasteiger partial charge in [-0.15, -0.1) is 35.3 Å². The van der Waals surface area contributed by atoms with E-state index in [9.17, 15) is 0 Å². The number of methoxy groups -OCH3 is 1. The van der Waals surface area contributed by atoms with Crippen molar-refractivity contribution in [3.05, 3.63) is 40.3 Å². The second-order valence-electron chi connectivity index (χ2n) is 6.33. The lowest BCUT2D eigenvalue weighted by Crippen LogP contribution is -2.42. The molecule has 0 saturated heterocycles. The maximum absolute atomic E-state index is 5.91. The Bertz CT molecular complexity index is 724. The first-order valence-corrected chi connectivity index (χ1v) is 10.1. The minimum absolute atomic E-state index is 0. The molecular weight excluding hydrogens is 487 g/mol. The molecule has 2 N–H and O–H groups in total. The van der Waals surface area contributed by atoms with Gasteiger partial charge in [0, 0.05) is 30.7 Å². The molecule has 1 aromatic heterocycles. The highest BCUT2D eigenvalue weighted by molar-refractivity contribution is 14.0. The van der Waals surface area contributed by atoms with Crippen molar-refractivity contribution < 1.29 is 9.47 Å². The van der Waals surface area contributed by atoms with Crippen molar-refractivity contribution in [3.8, 4) is 11.5 Å². The Morgan fingerprint density at radius 2 is 2.04 bits per heavy atom. The molecule has 1 atom stereocenters. The molecule has 0 aliphatic rings. The van der Waals surface area contributed by atoms with Crippen LogP contribution in [0.15, 0.2) is 34.6 Å². The normalized spacial score (nSPS) is 12.1. The molecule has 1 heterocycles. The molecule has 6 nitrogen and oxygen atoms in total. The van der Waals surface area contributed by atoms with Crippen LogP contribution < -0.4 is 20.1 Å². The molecule has 0 fully saturated rings. The fourth-order valence-electron chi connectivity index (χ4n) is 2.54. The Morgan fingerprint density at radius 1 is 1.25 bits per heavy atom. The van der Waals surface area contributed by atoms with E-state index in [4.69, 9.17) is 9.47 Å². The van der Waals surface area contributed by atoms with Gasteiger partial charge in [0.25, 0.3) is 0 Å². The van der Waals surface area contributed by atoms with Crippen molar-refractivity contribution in [3.63, 3.8) is 0 Å². The van der Waals surface area contributed by atoms with Crippen LogP contribution in [0.1, 0.15) is 30.5 Å². The van der Waals surface area contributed by atoms with Crippen molar-refractivity contribution in [2.24, 2.45) is 4.99 Å². The van der Waals surface area contributed by atoms with Gasteiger partial charge in [-0.05, 0) is 45.2 Å². The van der Waals surface area contributed by atoms with E-state index in [0.717, 1.165) is 49.0 Å². The van der Waals surface area contributed by atoms with Crippen LogP contribution in [0.25, 0.3) is 0 Å². The second-order valence-corrected chi connectivity index (χ2v) is 7.27. The first-order valence-electron chi connectivity index (χ1n) is 9.27. The molecule has 0 aliphatic carbocycles. The topological polar surface area (TPSA) is 67.8 Å². The van der Waals surface area contributed by atoms with E-state index < -0.39 is 0 Å². The number of unbranched alkanes of at least 4 members (excludes halogenated alkanes) is 1. The zero-order valence-corrected chi connectivity index (χ0v) is 20.2. The quantitative estimate of drug-likeness (QED) is 0.215. The van der Waals surface area contributed by atoms with Gasteiger partial charge in [0.2, 0.25) is 0 Å². The number of ether oxygens (including phenoxy) is 2. The number of rotatable bonds is 10. The van der Waals surface area contributed by atoms with Crippen molar-refractivity contribution >= 4 is 41.3 Å². The van der Waals surface area contributed by atoms with Crippen LogP contribution in [-0.4, -0.2) is 44.3 Å². The van der Waals surface area contributed by atoms with E-state index in [0.29, 0.717) is 6.54 Å². The van der Waals surface area contributed by atoms with E-state index in [1.807, 2.05) is 38.1 Å². The number of nitrogens with one attached hydrogen (secondary N) is 2. The molecule has 156 valence electrons. The summed E-state index contributed by atoms with van der Waals surface area (Å²) in [7, 11) is 3.43. The molecule has 8 heteroatoms. The van der Waals surface area contributed by atoms with Crippen molar-refractivity contribution in [2.45, 2.75) is 39.2 Å². The number of benzene rings is 1. The molecule has 2 rings (SSSR count). The van der Waals surface area contributed by atoms with Crippen molar-refractivity contribution in [1.29, 1.82) is 0 Å². The monoisotopic (exact) mass is 518 g/mol. The number of hydrogen-bond acceptors (Lipinski definition) is 5. The van der Waals surface area contributed by atoms with Crippen molar-refractivity contribution in [1.82, 2.24) is 15.6 Å². The molecule has 0 spiro atoms. The molecule has 1 unspecified atom stereocenters. The number of thiazole rings is 1. The van der Waals surface area contributed by atoms with E-state index >= 15 is 0 Å². The first kappa shape index (κ1) is 24.5. The number of guanidine groups is 1. The Morgan fingerprint density at radius 3 is 2.71 bits per heavy atom. The highest BCUT2D eigenvalue weighted by atomic mass is 127. The van der Waals surface area contributed by atoms with Crippen LogP contribution in [0.3, 0.4) is 0 Å². The molecule has 0 aliphatic heterocycles. The summed E-state index contributed by atoms with van der Waals surface area (Å²) in [5.41, 5.74) is 1.11. The van der Waals surface area contributed by atoms with Gasteiger partial charge in [0.15, 0.2) is 5.96 Å². The standard InChI is InChI=1S/C20H30N4O2S.HI/c1-15-14-27-19(24-15)10-5-6-11-22-20(21-3)23-13-16(2)26-18-9-7-8-17(12-18)25-4;/h7-9,12,14,16H,5-6,10-11,13H2,1-4H3,(H2,21,22,23);1H. The second kappa shape index (κ2) is 13.6. The van der Waals surface area contributed by atoms with Crippen LogP contribution in [0.2, 0.25) is 0 Å². The van der Waals surface area contributed by atoms with Gasteiger partial charge in [0.1, 0.15) is 17.6 Å². The Kier molecular flexibility index (Phi) is 11.9. The van der Waals surface area contributed by atoms with Gasteiger partial charge in [-0.2, -0.15) is 0 Å². The third-order valence-corrected chi connectivity index (χ3v) is 4.96. The zero-order chi connectivity index (χ0) is 19.5. The Labute approximate surface area is 189 Å². The summed E-state index contributed by atoms with van der Waals surface area (Å²) in [6.07, 6.45) is 3.24. The number of halogens is 1. The summed E-state index contributed by atoms with van der Waals surface area (Å²) in [4.78, 5) is 8.76. The van der Waals surface area contributed by atoms with Crippen molar-refractivity contribution in [2.75, 3.05) is 27.2 Å². The van der Waals surface area contributed by atoms with Gasteiger partial charge >= 0.3 is 0 Å². The van der Waals surface area contributed by atoms with Gasteiger partial charge in [0.05, 0.1) is 18.7 Å². The number of nitrogens with zero attached hydrogens (tertiary/aromatic N) is 2. The summed E-state index contributed by atoms with van der Waals surface area (Å²) < 4.78 is 11.1. The lowest BCUT2D eigenvalue weighted by atomic mass is 10.2. The van der Waals surface area contributed by atoms with Gasteiger partial charge in [-0.1, -0.05) is 6.07 Å². The number of aromatic nitrogens is 1. The lowest BCUT2D eigenvalue weighted by molar-refractivity contribution is 0.223. The maximum atomic E-state index is 5.91. The van der Waals surface area contributed by atoms with E-state index in [1.165, 1.54) is 5.01 Å². The predicted molar refractivity (Wildman–Crippen MR) is 128 cm³/mol. The smallest absolute Gasteiger partial charge is 0.191 e. The average Bonchev–Trinajstić information content (AvgIpc) is 3.09. The number of hydrogen-bond donors (Lipinski definition) is 2. The third kappa shape index (κ3) is 9.09. The predicted octanol–water partition coefficient (Wildman–Crippen LogP) is 4.03. The van der Waals surface area contributed by atoms with Crippen LogP contribution in [0.5, 0.6) is 11.5 Å². The Balaban J connectivity index is 0.00000392. The summed E-state index contributed by atoms with van der Waals surface area (Å²) in [5, 5.41) is 9.97. The Hall–Kier alpha value is -1.55. The highest BCUT2D eigenvalue weighted by Gasteiger charge is 2.06. The summed E-state index contributed by atoms with van der Waals surface area (Å²) in [6.45, 7) is 5.61. The SMILES string of the molecule is CN=C(NCCCCc1nc(C)cs1)NCC(C)Oc1cccc(OC)c1.I. The summed E-state index contributed by atoms with van der Waals surface area (Å²) in [6, 6.07) is 7.63. The number of aliphatic imine (C=N–C) groups is 1. The van der Waals surface area contributed by atoms with Gasteiger partial charge < -0.3 is 20.1 Å². The third-order valence-electron chi connectivity index (χ3n) is 3.94. The minimum Gasteiger partial charge on any atom is -0.497 e. The van der Waals surface area contributed by atoms with E-state index in [1.54, 1.807) is 25.5 Å². The minimum atomic E-state index is 0. The molecule has 1 aromatic carbocycles. The lowest BCUT2D eigenvalue weighted by Gasteiger charge is -2.18. The first-order chi connectivity index (χ1) is 13.1. The van der Waals surface area contributed by atoms with Crippen LogP contribution in [-0.2, 0) is 6.42 Å². The fourth-order valence-corrected chi connectivity index (χ4v) is 3.35. The molecule has 0 bridgehead atoms. The molecular formula is C20H31IN4O2S. The summed E-state index contributed by atoms with van der Waals surface area (Å²) >= 11 is 1.74. The molecule has 28 heavy (non-hydrogen) atoms. The van der Waals surface area contributed by atoms with Crippen LogP contribution in [0.4, 0.5) is 0 Å². The number of aryl methyl sites for hydroxylation is 2. The zero-order valence-electron chi connectivity index (χ0n) is 17.0. The fraction of sp³-hybridized carbons (Fsp3) is 0.500. The summed E-state index contributed by atoms with van der Waals surface area (Å²) in [5.74, 6) is 2.38. The average molecular weight is 518 g/mol. The molecule has 0 saturated carbocycles. The van der Waals surface area contributed by atoms with Gasteiger partial charge in [-0.25, -0.2) is 4.98 Å². The molecule has 0 radical (unpaired) electrons. The largest absolute Gasteiger partial charge is 0.497 e. The van der Waals surface area contributed by atoms with Gasteiger partial charge in [-0.3, -0.25) is 4.99 Å². The maximum Gasteiger partial charge on any atom is 0.191 e. The molecule has 0 amide bonds.